The Balaban J connectivity index is 1.69. The molecule has 0 bridgehead atoms. The van der Waals surface area contributed by atoms with Crippen LogP contribution in [-0.4, -0.2) is 54.0 Å². The van der Waals surface area contributed by atoms with Crippen molar-refractivity contribution in [2.45, 2.75) is 57.5 Å². The Bertz CT molecular complexity index is 1340. The molecule has 9 nitrogen and oxygen atoms in total. The van der Waals surface area contributed by atoms with Gasteiger partial charge in [0.25, 0.3) is 0 Å². The van der Waals surface area contributed by atoms with E-state index >= 15 is 0 Å². The number of fused-ring (bicyclic) bond motifs is 3. The van der Waals surface area contributed by atoms with Gasteiger partial charge in [0.2, 0.25) is 5.95 Å². The summed E-state index contributed by atoms with van der Waals surface area (Å²) in [4.78, 5) is 33.5. The molecule has 0 spiro atoms. The molecule has 5 rings (SSSR count). The molecule has 1 aromatic heterocycles. The second-order valence-electron chi connectivity index (χ2n) is 10.1. The molecular formula is C28H34N4O5. The lowest BCUT2D eigenvalue weighted by molar-refractivity contribution is -0.143. The lowest BCUT2D eigenvalue weighted by Gasteiger charge is -2.34. The lowest BCUT2D eigenvalue weighted by Crippen LogP contribution is -2.42. The number of imidazole rings is 1. The Morgan fingerprint density at radius 3 is 2.68 bits per heavy atom. The summed E-state index contributed by atoms with van der Waals surface area (Å²) < 4.78 is 12.8. The topological polar surface area (TPSA) is 97.1 Å². The summed E-state index contributed by atoms with van der Waals surface area (Å²) in [6.45, 7) is 2.03. The number of aromatic nitrogens is 2. The van der Waals surface area contributed by atoms with E-state index in [0.29, 0.717) is 12.8 Å². The van der Waals surface area contributed by atoms with Gasteiger partial charge in [0.05, 0.1) is 36.9 Å². The summed E-state index contributed by atoms with van der Waals surface area (Å²) in [5, 5.41) is 9.77. The van der Waals surface area contributed by atoms with Crippen LogP contribution in [0, 0.1) is 5.92 Å². The van der Waals surface area contributed by atoms with Crippen LogP contribution in [0.2, 0.25) is 0 Å². The van der Waals surface area contributed by atoms with Crippen LogP contribution in [0.3, 0.4) is 0 Å². The van der Waals surface area contributed by atoms with Crippen LogP contribution in [0.1, 0.15) is 50.6 Å². The maximum atomic E-state index is 12.7. The zero-order valence-corrected chi connectivity index (χ0v) is 21.8. The second kappa shape index (κ2) is 9.95. The average Bonchev–Trinajstić information content (AvgIpc) is 3.32. The monoisotopic (exact) mass is 506 g/mol. The summed E-state index contributed by atoms with van der Waals surface area (Å²) in [5.74, 6) is 0.378. The number of aryl methyl sites for hydroxylation is 1. The molecule has 0 radical (unpaired) electrons. The summed E-state index contributed by atoms with van der Waals surface area (Å²) in [6.07, 6.45) is 4.21. The van der Waals surface area contributed by atoms with Gasteiger partial charge in [-0.3, -0.25) is 9.69 Å². The number of carboxylic acids is 1. The number of carbonyl (C=O) groups is 2. The first kappa shape index (κ1) is 24.9. The van der Waals surface area contributed by atoms with E-state index in [-0.39, 0.29) is 24.1 Å². The first-order valence-corrected chi connectivity index (χ1v) is 12.9. The fourth-order valence-electron chi connectivity index (χ4n) is 5.92. The standard InChI is InChI=1S/C28H34N4O5/c1-17-11-12-22-23(31(17)28(35)37-4)13-14-24-25(22)29-27(30(2)19-8-6-10-21(16-19)36-3)32(24)20-9-5-7-18(15-20)26(33)34/h6,8,10,13-14,16-18,20H,5,7,9,11-12,15H2,1-4H3,(H,33,34)/t17?,18-,20-/m1/s1. The largest absolute Gasteiger partial charge is 0.497 e. The highest BCUT2D eigenvalue weighted by Gasteiger charge is 2.35. The molecule has 3 atom stereocenters. The molecule has 9 heteroatoms. The van der Waals surface area contributed by atoms with Crippen molar-refractivity contribution < 1.29 is 24.2 Å². The van der Waals surface area contributed by atoms with E-state index in [1.165, 1.54) is 7.11 Å². The van der Waals surface area contributed by atoms with Gasteiger partial charge in [-0.05, 0) is 63.3 Å². The fourth-order valence-corrected chi connectivity index (χ4v) is 5.92. The zero-order chi connectivity index (χ0) is 26.3. The van der Waals surface area contributed by atoms with Gasteiger partial charge in [0, 0.05) is 36.4 Å². The number of carboxylic acid groups (broad SMARTS) is 1. The first-order chi connectivity index (χ1) is 17.8. The summed E-state index contributed by atoms with van der Waals surface area (Å²) >= 11 is 0. The second-order valence-corrected chi connectivity index (χ2v) is 10.1. The van der Waals surface area contributed by atoms with Gasteiger partial charge in [0.15, 0.2) is 0 Å². The van der Waals surface area contributed by atoms with E-state index in [4.69, 9.17) is 14.5 Å². The van der Waals surface area contributed by atoms with E-state index in [1.54, 1.807) is 12.0 Å². The van der Waals surface area contributed by atoms with Crippen molar-refractivity contribution in [2.24, 2.45) is 5.92 Å². The third kappa shape index (κ3) is 4.36. The van der Waals surface area contributed by atoms with Crippen molar-refractivity contribution in [2.75, 3.05) is 31.1 Å². The van der Waals surface area contributed by atoms with Crippen molar-refractivity contribution >= 4 is 40.4 Å². The van der Waals surface area contributed by atoms with Crippen LogP contribution >= 0.6 is 0 Å². The summed E-state index contributed by atoms with van der Waals surface area (Å²) in [7, 11) is 5.02. The van der Waals surface area contributed by atoms with Crippen molar-refractivity contribution in [3.05, 3.63) is 42.0 Å². The number of amides is 1. The van der Waals surface area contributed by atoms with Gasteiger partial charge >= 0.3 is 12.1 Å². The first-order valence-electron chi connectivity index (χ1n) is 12.9. The Labute approximate surface area is 216 Å². The van der Waals surface area contributed by atoms with Crippen LogP contribution in [0.15, 0.2) is 36.4 Å². The number of aliphatic carboxylic acids is 1. The third-order valence-electron chi connectivity index (χ3n) is 7.91. The molecule has 1 amide bonds. The minimum atomic E-state index is -0.739. The van der Waals surface area contributed by atoms with E-state index in [0.717, 1.165) is 65.4 Å². The maximum Gasteiger partial charge on any atom is 0.414 e. The Morgan fingerprint density at radius 1 is 1.14 bits per heavy atom. The van der Waals surface area contributed by atoms with Crippen LogP contribution in [0.5, 0.6) is 5.75 Å². The Kier molecular flexibility index (Phi) is 6.70. The highest BCUT2D eigenvalue weighted by molar-refractivity contribution is 5.96. The molecule has 3 aromatic rings. The van der Waals surface area contributed by atoms with E-state index in [9.17, 15) is 14.7 Å². The number of anilines is 3. The van der Waals surface area contributed by atoms with Crippen molar-refractivity contribution in [1.29, 1.82) is 0 Å². The Hall–Kier alpha value is -3.75. The molecule has 1 fully saturated rings. The van der Waals surface area contributed by atoms with Gasteiger partial charge in [0.1, 0.15) is 5.75 Å². The fraction of sp³-hybridized carbons (Fsp3) is 0.464. The number of hydrogen-bond donors (Lipinski definition) is 1. The third-order valence-corrected chi connectivity index (χ3v) is 7.91. The number of rotatable bonds is 5. The molecule has 1 aliphatic heterocycles. The SMILES string of the molecule is COC(=O)N1c2ccc3c(nc(N(C)c4cccc(OC)c4)n3[C@@H]3CCC[C@@H](C(=O)O)C3)c2CCC1C. The number of ether oxygens (including phenoxy) is 2. The number of carbonyl (C=O) groups excluding carboxylic acids is 1. The minimum Gasteiger partial charge on any atom is -0.497 e. The average molecular weight is 507 g/mol. The maximum absolute atomic E-state index is 12.7. The van der Waals surface area contributed by atoms with Crippen LogP contribution in [0.25, 0.3) is 11.0 Å². The number of methoxy groups -OCH3 is 2. The molecule has 2 aromatic carbocycles. The molecule has 196 valence electrons. The van der Waals surface area contributed by atoms with Gasteiger partial charge in [-0.15, -0.1) is 0 Å². The number of benzene rings is 2. The molecule has 37 heavy (non-hydrogen) atoms. The van der Waals surface area contributed by atoms with E-state index in [2.05, 4.69) is 4.57 Å². The van der Waals surface area contributed by atoms with Gasteiger partial charge < -0.3 is 24.0 Å². The zero-order valence-electron chi connectivity index (χ0n) is 21.8. The van der Waals surface area contributed by atoms with Crippen LogP contribution in [0.4, 0.5) is 22.1 Å². The molecule has 1 aliphatic carbocycles. The van der Waals surface area contributed by atoms with Crippen LogP contribution < -0.4 is 14.5 Å². The van der Waals surface area contributed by atoms with Crippen molar-refractivity contribution in [3.63, 3.8) is 0 Å². The minimum absolute atomic E-state index is 0.000169. The molecule has 1 saturated carbocycles. The van der Waals surface area contributed by atoms with E-state index in [1.807, 2.05) is 55.3 Å². The Morgan fingerprint density at radius 2 is 1.95 bits per heavy atom. The van der Waals surface area contributed by atoms with Crippen molar-refractivity contribution in [3.8, 4) is 5.75 Å². The number of hydrogen-bond acceptors (Lipinski definition) is 6. The molecule has 1 N–H and O–H groups in total. The highest BCUT2D eigenvalue weighted by atomic mass is 16.5. The summed E-state index contributed by atoms with van der Waals surface area (Å²) in [6, 6.07) is 11.8. The molecular weight excluding hydrogens is 472 g/mol. The smallest absolute Gasteiger partial charge is 0.414 e. The van der Waals surface area contributed by atoms with Gasteiger partial charge in [-0.25, -0.2) is 9.78 Å². The molecule has 0 saturated heterocycles. The summed E-state index contributed by atoms with van der Waals surface area (Å²) in [5.41, 5.74) is 4.57. The molecule has 2 aliphatic rings. The predicted molar refractivity (Wildman–Crippen MR) is 142 cm³/mol. The quantitative estimate of drug-likeness (QED) is 0.485. The lowest BCUT2D eigenvalue weighted by atomic mass is 9.85. The van der Waals surface area contributed by atoms with Crippen molar-refractivity contribution in [1.82, 2.24) is 9.55 Å². The highest BCUT2D eigenvalue weighted by Crippen LogP contribution is 2.43. The van der Waals surface area contributed by atoms with Gasteiger partial charge in [-0.1, -0.05) is 12.5 Å². The normalized spacial score (nSPS) is 21.4. The molecule has 1 unspecified atom stereocenters. The predicted octanol–water partition coefficient (Wildman–Crippen LogP) is 5.54. The molecule has 2 heterocycles. The van der Waals surface area contributed by atoms with Crippen LogP contribution in [-0.2, 0) is 16.0 Å². The van der Waals surface area contributed by atoms with E-state index < -0.39 is 5.97 Å². The number of nitrogens with zero attached hydrogens (tertiary/aromatic N) is 4. The van der Waals surface area contributed by atoms with Gasteiger partial charge in [-0.2, -0.15) is 0 Å².